The van der Waals surface area contributed by atoms with E-state index in [0.29, 0.717) is 0 Å². The quantitative estimate of drug-likeness (QED) is 0.742. The Balaban J connectivity index is 1.52. The highest BCUT2D eigenvalue weighted by molar-refractivity contribution is 5.15. The van der Waals surface area contributed by atoms with Crippen molar-refractivity contribution in [1.82, 2.24) is 14.5 Å². The summed E-state index contributed by atoms with van der Waals surface area (Å²) in [5, 5.41) is 0. The van der Waals surface area contributed by atoms with Crippen molar-refractivity contribution in [2.24, 2.45) is 5.92 Å². The number of benzene rings is 1. The van der Waals surface area contributed by atoms with Gasteiger partial charge in [0.2, 0.25) is 0 Å². The lowest BCUT2D eigenvalue weighted by Gasteiger charge is -2.22. The summed E-state index contributed by atoms with van der Waals surface area (Å²) < 4.78 is 15.2. The summed E-state index contributed by atoms with van der Waals surface area (Å²) in [6, 6.07) is 6.91. The van der Waals surface area contributed by atoms with Crippen LogP contribution in [0.3, 0.4) is 0 Å². The van der Waals surface area contributed by atoms with Gasteiger partial charge in [-0.3, -0.25) is 4.90 Å². The van der Waals surface area contributed by atoms with Crippen molar-refractivity contribution in [2.45, 2.75) is 39.3 Å². The zero-order valence-electron chi connectivity index (χ0n) is 13.2. The molecule has 1 aromatic heterocycles. The Labute approximate surface area is 131 Å². The van der Waals surface area contributed by atoms with E-state index in [0.717, 1.165) is 37.8 Å². The third kappa shape index (κ3) is 4.41. The fraction of sp³-hybridized carbons (Fsp3) is 0.500. The first-order valence-electron chi connectivity index (χ1n) is 8.15. The number of imidazole rings is 1. The molecule has 22 heavy (non-hydrogen) atoms. The summed E-state index contributed by atoms with van der Waals surface area (Å²) in [5.41, 5.74) is 1.20. The van der Waals surface area contributed by atoms with Gasteiger partial charge in [-0.05, 0) is 49.8 Å². The van der Waals surface area contributed by atoms with E-state index in [1.165, 1.54) is 24.9 Å². The van der Waals surface area contributed by atoms with Crippen LogP contribution in [0.1, 0.15) is 30.7 Å². The largest absolute Gasteiger partial charge is 0.335 e. The standard InChI is InChI=1S/C18H24FN3/c1-15-20-9-12-22(15)11-2-10-21(13-16-3-4-16)14-17-5-7-18(19)8-6-17/h5-9,12,16H,2-4,10-11,13-14H2,1H3. The SMILES string of the molecule is Cc1nccn1CCCN(Cc1ccc(F)cc1)CC1CC1. The minimum Gasteiger partial charge on any atom is -0.335 e. The molecule has 0 N–H and O–H groups in total. The van der Waals surface area contributed by atoms with E-state index in [4.69, 9.17) is 0 Å². The van der Waals surface area contributed by atoms with Crippen LogP contribution in [0.15, 0.2) is 36.7 Å². The molecule has 118 valence electrons. The van der Waals surface area contributed by atoms with Gasteiger partial charge in [0.05, 0.1) is 0 Å². The second kappa shape index (κ2) is 7.05. The lowest BCUT2D eigenvalue weighted by atomic mass is 10.2. The van der Waals surface area contributed by atoms with Gasteiger partial charge in [0.25, 0.3) is 0 Å². The van der Waals surface area contributed by atoms with Crippen LogP contribution in [0.25, 0.3) is 0 Å². The monoisotopic (exact) mass is 301 g/mol. The summed E-state index contributed by atoms with van der Waals surface area (Å²) in [6.07, 6.45) is 7.74. The minimum atomic E-state index is -0.159. The minimum absolute atomic E-state index is 0.159. The highest BCUT2D eigenvalue weighted by Gasteiger charge is 2.24. The van der Waals surface area contributed by atoms with E-state index in [9.17, 15) is 4.39 Å². The van der Waals surface area contributed by atoms with Gasteiger partial charge in [-0.2, -0.15) is 0 Å². The fourth-order valence-electron chi connectivity index (χ4n) is 2.85. The second-order valence-corrected chi connectivity index (χ2v) is 6.33. The maximum Gasteiger partial charge on any atom is 0.123 e. The van der Waals surface area contributed by atoms with Gasteiger partial charge < -0.3 is 4.57 Å². The predicted octanol–water partition coefficient (Wildman–Crippen LogP) is 3.63. The van der Waals surface area contributed by atoms with Gasteiger partial charge in [-0.15, -0.1) is 0 Å². The molecule has 0 radical (unpaired) electrons. The molecule has 1 saturated carbocycles. The van der Waals surface area contributed by atoms with E-state index in [1.807, 2.05) is 31.5 Å². The zero-order chi connectivity index (χ0) is 15.4. The van der Waals surface area contributed by atoms with Crippen LogP contribution in [0, 0.1) is 18.7 Å². The molecule has 0 atom stereocenters. The second-order valence-electron chi connectivity index (χ2n) is 6.33. The predicted molar refractivity (Wildman–Crippen MR) is 86.0 cm³/mol. The Bertz CT molecular complexity index is 587. The summed E-state index contributed by atoms with van der Waals surface area (Å²) in [6.45, 7) is 6.21. The van der Waals surface area contributed by atoms with Crippen molar-refractivity contribution in [2.75, 3.05) is 13.1 Å². The number of nitrogens with zero attached hydrogens (tertiary/aromatic N) is 3. The van der Waals surface area contributed by atoms with E-state index >= 15 is 0 Å². The van der Waals surface area contributed by atoms with Crippen molar-refractivity contribution in [3.8, 4) is 0 Å². The van der Waals surface area contributed by atoms with Crippen LogP contribution in [-0.2, 0) is 13.1 Å². The molecule has 4 heteroatoms. The third-order valence-electron chi connectivity index (χ3n) is 4.33. The summed E-state index contributed by atoms with van der Waals surface area (Å²) in [7, 11) is 0. The molecule has 0 unspecified atom stereocenters. The summed E-state index contributed by atoms with van der Waals surface area (Å²) in [5.74, 6) is 1.79. The molecule has 1 heterocycles. The average molecular weight is 301 g/mol. The topological polar surface area (TPSA) is 21.1 Å². The summed E-state index contributed by atoms with van der Waals surface area (Å²) in [4.78, 5) is 6.77. The van der Waals surface area contributed by atoms with Gasteiger partial charge >= 0.3 is 0 Å². The van der Waals surface area contributed by atoms with Crippen molar-refractivity contribution >= 4 is 0 Å². The molecule has 0 amide bonds. The Hall–Kier alpha value is -1.68. The fourth-order valence-corrected chi connectivity index (χ4v) is 2.85. The maximum absolute atomic E-state index is 13.0. The Morgan fingerprint density at radius 1 is 1.27 bits per heavy atom. The highest BCUT2D eigenvalue weighted by Crippen LogP contribution is 2.30. The molecule has 0 aliphatic heterocycles. The van der Waals surface area contributed by atoms with Gasteiger partial charge in [-0.1, -0.05) is 12.1 Å². The molecular weight excluding hydrogens is 277 g/mol. The van der Waals surface area contributed by atoms with E-state index in [2.05, 4.69) is 14.5 Å². The number of aryl methyl sites for hydroxylation is 2. The van der Waals surface area contributed by atoms with E-state index in [1.54, 1.807) is 12.1 Å². The molecule has 3 rings (SSSR count). The molecule has 1 aliphatic rings. The van der Waals surface area contributed by atoms with Crippen LogP contribution in [-0.4, -0.2) is 27.5 Å². The van der Waals surface area contributed by atoms with Gasteiger partial charge in [-0.25, -0.2) is 9.37 Å². The van der Waals surface area contributed by atoms with Gasteiger partial charge in [0, 0.05) is 38.6 Å². The van der Waals surface area contributed by atoms with Crippen molar-refractivity contribution in [3.05, 3.63) is 53.9 Å². The smallest absolute Gasteiger partial charge is 0.123 e. The van der Waals surface area contributed by atoms with Crippen molar-refractivity contribution < 1.29 is 4.39 Å². The first-order valence-corrected chi connectivity index (χ1v) is 8.15. The van der Waals surface area contributed by atoms with Gasteiger partial charge in [0.15, 0.2) is 0 Å². The number of rotatable bonds is 8. The highest BCUT2D eigenvalue weighted by atomic mass is 19.1. The Morgan fingerprint density at radius 3 is 2.68 bits per heavy atom. The van der Waals surface area contributed by atoms with Crippen LogP contribution >= 0.6 is 0 Å². The summed E-state index contributed by atoms with van der Waals surface area (Å²) >= 11 is 0. The van der Waals surface area contributed by atoms with E-state index in [-0.39, 0.29) is 5.82 Å². The number of halogens is 1. The first-order chi connectivity index (χ1) is 10.7. The van der Waals surface area contributed by atoms with Crippen molar-refractivity contribution in [1.29, 1.82) is 0 Å². The lowest BCUT2D eigenvalue weighted by Crippen LogP contribution is -2.27. The van der Waals surface area contributed by atoms with Crippen LogP contribution in [0.2, 0.25) is 0 Å². The van der Waals surface area contributed by atoms with E-state index < -0.39 is 0 Å². The molecule has 0 spiro atoms. The van der Waals surface area contributed by atoms with Gasteiger partial charge in [0.1, 0.15) is 11.6 Å². The molecule has 0 bridgehead atoms. The van der Waals surface area contributed by atoms with Crippen LogP contribution < -0.4 is 0 Å². The third-order valence-corrected chi connectivity index (χ3v) is 4.33. The molecule has 1 aliphatic carbocycles. The molecule has 0 saturated heterocycles. The number of hydrogen-bond acceptors (Lipinski definition) is 2. The molecule has 3 nitrogen and oxygen atoms in total. The molecule has 1 aromatic carbocycles. The molecule has 1 fully saturated rings. The molecule has 2 aromatic rings. The Kier molecular flexibility index (Phi) is 4.88. The number of hydrogen-bond donors (Lipinski definition) is 0. The maximum atomic E-state index is 13.0. The normalized spacial score (nSPS) is 14.7. The van der Waals surface area contributed by atoms with Crippen LogP contribution in [0.5, 0.6) is 0 Å². The lowest BCUT2D eigenvalue weighted by molar-refractivity contribution is 0.246. The molecular formula is C18H24FN3. The van der Waals surface area contributed by atoms with Crippen molar-refractivity contribution in [3.63, 3.8) is 0 Å². The average Bonchev–Trinajstić information content (AvgIpc) is 3.23. The number of aromatic nitrogens is 2. The Morgan fingerprint density at radius 2 is 2.05 bits per heavy atom. The van der Waals surface area contributed by atoms with Crippen LogP contribution in [0.4, 0.5) is 4.39 Å². The first kappa shape index (κ1) is 15.2. The zero-order valence-corrected chi connectivity index (χ0v) is 13.2.